The fraction of sp³-hybridized carbons (Fsp3) is 0.111. The van der Waals surface area contributed by atoms with Crippen molar-refractivity contribution in [3.63, 3.8) is 0 Å². The number of hydrogen-bond donors (Lipinski definition) is 2. The molecule has 1 fully saturated rings. The number of nitrogens with zero attached hydrogens (tertiary/aromatic N) is 1. The molecule has 1 aliphatic rings. The zero-order valence-electron chi connectivity index (χ0n) is 13.5. The molecule has 0 aromatic heterocycles. The van der Waals surface area contributed by atoms with Crippen molar-refractivity contribution in [1.29, 1.82) is 0 Å². The standard InChI is InChI=1S/C18H15ClN2O3S/c1-10-3-5-12(6-4-10)20-18-21-17(23)15(25-18)9-11-7-13(19)16(22)14(8-11)24-2/h3-9,22H,1-2H3,(H,20,21,23)/b15-9+. The number of thioether (sulfide) groups is 1. The number of amidine groups is 1. The first-order valence-corrected chi connectivity index (χ1v) is 8.58. The Bertz CT molecular complexity index is 892. The van der Waals surface area contributed by atoms with Crippen LogP contribution in [0.2, 0.25) is 5.02 Å². The van der Waals surface area contributed by atoms with Crippen molar-refractivity contribution in [2.24, 2.45) is 4.99 Å². The van der Waals surface area contributed by atoms with E-state index in [9.17, 15) is 9.90 Å². The van der Waals surface area contributed by atoms with Gasteiger partial charge < -0.3 is 15.2 Å². The van der Waals surface area contributed by atoms with Crippen LogP contribution in [0.3, 0.4) is 0 Å². The number of phenols is 1. The van der Waals surface area contributed by atoms with Crippen molar-refractivity contribution in [1.82, 2.24) is 5.32 Å². The second kappa shape index (κ2) is 7.21. The molecular weight excluding hydrogens is 360 g/mol. The van der Waals surface area contributed by atoms with Crippen LogP contribution in [-0.2, 0) is 4.79 Å². The van der Waals surface area contributed by atoms with E-state index in [0.29, 0.717) is 15.6 Å². The van der Waals surface area contributed by atoms with Crippen molar-refractivity contribution in [2.45, 2.75) is 6.92 Å². The molecule has 128 valence electrons. The maximum absolute atomic E-state index is 12.1. The van der Waals surface area contributed by atoms with Gasteiger partial charge in [-0.1, -0.05) is 29.3 Å². The third-order valence-electron chi connectivity index (χ3n) is 3.48. The minimum absolute atomic E-state index is 0.128. The monoisotopic (exact) mass is 374 g/mol. The van der Waals surface area contributed by atoms with Crippen LogP contribution in [0, 0.1) is 6.92 Å². The number of amides is 1. The van der Waals surface area contributed by atoms with Gasteiger partial charge in [-0.25, -0.2) is 4.99 Å². The zero-order chi connectivity index (χ0) is 18.0. The summed E-state index contributed by atoms with van der Waals surface area (Å²) in [7, 11) is 1.44. The number of carbonyl (C=O) groups excluding carboxylic acids is 1. The van der Waals surface area contributed by atoms with E-state index in [1.165, 1.54) is 18.9 Å². The van der Waals surface area contributed by atoms with Gasteiger partial charge in [-0.3, -0.25) is 4.79 Å². The smallest absolute Gasteiger partial charge is 0.264 e. The van der Waals surface area contributed by atoms with Crippen LogP contribution in [0.5, 0.6) is 11.5 Å². The molecule has 2 aromatic carbocycles. The first kappa shape index (κ1) is 17.4. The van der Waals surface area contributed by atoms with E-state index in [1.54, 1.807) is 18.2 Å². The average Bonchev–Trinajstić information content (AvgIpc) is 2.92. The Morgan fingerprint density at radius 1 is 1.28 bits per heavy atom. The molecule has 0 radical (unpaired) electrons. The van der Waals surface area contributed by atoms with Crippen LogP contribution in [-0.4, -0.2) is 23.3 Å². The number of aryl methyl sites for hydroxylation is 1. The molecule has 25 heavy (non-hydrogen) atoms. The SMILES string of the molecule is COc1cc(/C=C2/SC(=Nc3ccc(C)cc3)NC2=O)cc(Cl)c1O. The predicted molar refractivity (Wildman–Crippen MR) is 102 cm³/mol. The molecule has 1 heterocycles. The lowest BCUT2D eigenvalue weighted by molar-refractivity contribution is -0.115. The molecule has 5 nitrogen and oxygen atoms in total. The summed E-state index contributed by atoms with van der Waals surface area (Å²) >= 11 is 7.22. The largest absolute Gasteiger partial charge is 0.503 e. The number of ether oxygens (including phenoxy) is 1. The molecular formula is C18H15ClN2O3S. The third-order valence-corrected chi connectivity index (χ3v) is 4.68. The van der Waals surface area contributed by atoms with Gasteiger partial charge in [0, 0.05) is 0 Å². The van der Waals surface area contributed by atoms with E-state index in [2.05, 4.69) is 10.3 Å². The zero-order valence-corrected chi connectivity index (χ0v) is 15.1. The number of rotatable bonds is 3. The number of aromatic hydroxyl groups is 1. The Hall–Kier alpha value is -2.44. The van der Waals surface area contributed by atoms with E-state index in [0.717, 1.165) is 11.3 Å². The van der Waals surface area contributed by atoms with E-state index in [4.69, 9.17) is 16.3 Å². The lowest BCUT2D eigenvalue weighted by Crippen LogP contribution is -2.19. The molecule has 2 aromatic rings. The van der Waals surface area contributed by atoms with E-state index < -0.39 is 0 Å². The minimum atomic E-state index is -0.237. The van der Waals surface area contributed by atoms with Crippen molar-refractivity contribution < 1.29 is 14.6 Å². The molecule has 0 unspecified atom stereocenters. The molecule has 2 N–H and O–H groups in total. The summed E-state index contributed by atoms with van der Waals surface area (Å²) in [4.78, 5) is 17.0. The van der Waals surface area contributed by atoms with Gasteiger partial charge in [0.2, 0.25) is 0 Å². The van der Waals surface area contributed by atoms with Gasteiger partial charge in [-0.15, -0.1) is 0 Å². The Kier molecular flexibility index (Phi) is 5.01. The number of benzene rings is 2. The Morgan fingerprint density at radius 2 is 2.00 bits per heavy atom. The van der Waals surface area contributed by atoms with Gasteiger partial charge >= 0.3 is 0 Å². The van der Waals surface area contributed by atoms with Gasteiger partial charge in [0.15, 0.2) is 16.7 Å². The number of phenolic OH excluding ortho intramolecular Hbond substituents is 1. The second-order valence-corrected chi connectivity index (χ2v) is 6.81. The third kappa shape index (κ3) is 3.97. The molecule has 0 atom stereocenters. The van der Waals surface area contributed by atoms with Crippen LogP contribution in [0.15, 0.2) is 46.3 Å². The van der Waals surface area contributed by atoms with Crippen LogP contribution < -0.4 is 10.1 Å². The molecule has 7 heteroatoms. The number of hydrogen-bond acceptors (Lipinski definition) is 5. The maximum Gasteiger partial charge on any atom is 0.264 e. The van der Waals surface area contributed by atoms with E-state index >= 15 is 0 Å². The Balaban J connectivity index is 1.86. The molecule has 0 saturated carbocycles. The highest BCUT2D eigenvalue weighted by Crippen LogP contribution is 2.36. The average molecular weight is 375 g/mol. The Labute approximate surface area is 154 Å². The van der Waals surface area contributed by atoms with Gasteiger partial charge in [0.05, 0.1) is 22.7 Å². The summed E-state index contributed by atoms with van der Waals surface area (Å²) in [5.74, 6) is -0.119. The second-order valence-electron chi connectivity index (χ2n) is 5.37. The molecule has 0 bridgehead atoms. The number of nitrogens with one attached hydrogen (secondary N) is 1. The van der Waals surface area contributed by atoms with Crippen LogP contribution in [0.4, 0.5) is 5.69 Å². The van der Waals surface area contributed by atoms with Crippen molar-refractivity contribution >= 4 is 46.2 Å². The van der Waals surface area contributed by atoms with Gasteiger partial charge in [0.25, 0.3) is 5.91 Å². The lowest BCUT2D eigenvalue weighted by atomic mass is 10.2. The van der Waals surface area contributed by atoms with Gasteiger partial charge in [-0.2, -0.15) is 0 Å². The maximum atomic E-state index is 12.1. The summed E-state index contributed by atoms with van der Waals surface area (Å²) in [5, 5.41) is 13.2. The van der Waals surface area contributed by atoms with Crippen molar-refractivity contribution in [3.05, 3.63) is 57.5 Å². The summed E-state index contributed by atoms with van der Waals surface area (Å²) in [6, 6.07) is 10.9. The number of methoxy groups -OCH3 is 1. The Morgan fingerprint density at radius 3 is 2.68 bits per heavy atom. The fourth-order valence-electron chi connectivity index (χ4n) is 2.20. The molecule has 1 saturated heterocycles. The van der Waals surface area contributed by atoms with Crippen LogP contribution in [0.25, 0.3) is 6.08 Å². The fourth-order valence-corrected chi connectivity index (χ4v) is 3.26. The summed E-state index contributed by atoms with van der Waals surface area (Å²) in [5.41, 5.74) is 2.56. The molecule has 1 amide bonds. The summed E-state index contributed by atoms with van der Waals surface area (Å²) in [6.07, 6.45) is 1.67. The number of carbonyl (C=O) groups is 1. The van der Waals surface area contributed by atoms with Gasteiger partial charge in [0.1, 0.15) is 0 Å². The first-order valence-electron chi connectivity index (χ1n) is 7.39. The van der Waals surface area contributed by atoms with E-state index in [-0.39, 0.29) is 22.4 Å². The first-order chi connectivity index (χ1) is 12.0. The van der Waals surface area contributed by atoms with Crippen molar-refractivity contribution in [3.8, 4) is 11.5 Å². The van der Waals surface area contributed by atoms with Gasteiger partial charge in [-0.05, 0) is 54.6 Å². The van der Waals surface area contributed by atoms with Crippen molar-refractivity contribution in [2.75, 3.05) is 7.11 Å². The number of halogens is 1. The molecule has 0 spiro atoms. The molecule has 1 aliphatic heterocycles. The summed E-state index contributed by atoms with van der Waals surface area (Å²) < 4.78 is 5.07. The van der Waals surface area contributed by atoms with Crippen LogP contribution >= 0.6 is 23.4 Å². The topological polar surface area (TPSA) is 70.9 Å². The normalized spacial score (nSPS) is 17.2. The molecule has 3 rings (SSSR count). The quantitative estimate of drug-likeness (QED) is 0.788. The lowest BCUT2D eigenvalue weighted by Gasteiger charge is -2.06. The van der Waals surface area contributed by atoms with Crippen LogP contribution in [0.1, 0.15) is 11.1 Å². The van der Waals surface area contributed by atoms with E-state index in [1.807, 2.05) is 31.2 Å². The highest BCUT2D eigenvalue weighted by Gasteiger charge is 2.24. The predicted octanol–water partition coefficient (Wildman–Crippen LogP) is 4.25. The highest BCUT2D eigenvalue weighted by molar-refractivity contribution is 8.18. The summed E-state index contributed by atoms with van der Waals surface area (Å²) in [6.45, 7) is 2.00. The minimum Gasteiger partial charge on any atom is -0.503 e. The highest BCUT2D eigenvalue weighted by atomic mass is 35.5. The molecule has 0 aliphatic carbocycles. The number of aliphatic imine (C=N–C) groups is 1.